The van der Waals surface area contributed by atoms with E-state index in [9.17, 15) is 4.79 Å². The van der Waals surface area contributed by atoms with Gasteiger partial charge in [0.25, 0.3) is 5.91 Å². The summed E-state index contributed by atoms with van der Waals surface area (Å²) in [5.74, 6) is 1.66. The lowest BCUT2D eigenvalue weighted by molar-refractivity contribution is 0.0650. The van der Waals surface area contributed by atoms with Crippen LogP contribution in [0.2, 0.25) is 5.15 Å². The van der Waals surface area contributed by atoms with Crippen molar-refractivity contribution in [1.29, 1.82) is 0 Å². The minimum absolute atomic E-state index is 0.0988. The average Bonchev–Trinajstić information content (AvgIpc) is 3.00. The predicted molar refractivity (Wildman–Crippen MR) is 166 cm³/mol. The van der Waals surface area contributed by atoms with Gasteiger partial charge < -0.3 is 9.80 Å². The molecule has 6 nitrogen and oxygen atoms in total. The minimum atomic E-state index is 0.0988. The SMILES string of the molecule is CN(c1cc(Cl)nc(SCc2cccc(C(=O)N3CCN(CC=Cc4ccccc4)CC3)c2)n1)C1CCCCC1. The first-order chi connectivity index (χ1) is 19.5. The summed E-state index contributed by atoms with van der Waals surface area (Å²) in [6.45, 7) is 4.14. The largest absolute Gasteiger partial charge is 0.357 e. The van der Waals surface area contributed by atoms with E-state index < -0.39 is 0 Å². The summed E-state index contributed by atoms with van der Waals surface area (Å²) in [7, 11) is 2.11. The molecule has 8 heteroatoms. The molecular weight excluding hydrogens is 538 g/mol. The Balaban J connectivity index is 1.13. The number of amides is 1. The highest BCUT2D eigenvalue weighted by atomic mass is 35.5. The molecule has 2 aromatic carbocycles. The second-order valence-corrected chi connectivity index (χ2v) is 12.0. The number of hydrogen-bond acceptors (Lipinski definition) is 6. The van der Waals surface area contributed by atoms with Gasteiger partial charge in [-0.3, -0.25) is 9.69 Å². The maximum Gasteiger partial charge on any atom is 0.253 e. The van der Waals surface area contributed by atoms with E-state index in [0.29, 0.717) is 22.1 Å². The Labute approximate surface area is 247 Å². The van der Waals surface area contributed by atoms with Gasteiger partial charge in [0.15, 0.2) is 5.16 Å². The number of hydrogen-bond donors (Lipinski definition) is 0. The fraction of sp³-hybridized carbons (Fsp3) is 0.406. The molecule has 5 rings (SSSR count). The summed E-state index contributed by atoms with van der Waals surface area (Å²) in [6, 6.07) is 20.7. The normalized spacial score (nSPS) is 16.9. The number of thioether (sulfide) groups is 1. The average molecular weight is 576 g/mol. The molecule has 0 bridgehead atoms. The Kier molecular flexibility index (Phi) is 10.1. The van der Waals surface area contributed by atoms with Gasteiger partial charge in [0.2, 0.25) is 0 Å². The van der Waals surface area contributed by atoms with E-state index in [4.69, 9.17) is 16.6 Å². The van der Waals surface area contributed by atoms with Crippen LogP contribution in [-0.4, -0.2) is 71.5 Å². The van der Waals surface area contributed by atoms with Gasteiger partial charge in [0.1, 0.15) is 11.0 Å². The van der Waals surface area contributed by atoms with Crippen molar-refractivity contribution in [1.82, 2.24) is 19.8 Å². The molecule has 0 N–H and O–H groups in total. The summed E-state index contributed by atoms with van der Waals surface area (Å²) < 4.78 is 0. The molecule has 1 aromatic heterocycles. The third kappa shape index (κ3) is 7.87. The number of rotatable bonds is 9. The fourth-order valence-corrected chi connectivity index (χ4v) is 6.47. The number of benzene rings is 2. The van der Waals surface area contributed by atoms with Gasteiger partial charge in [-0.2, -0.15) is 0 Å². The molecule has 0 radical (unpaired) electrons. The van der Waals surface area contributed by atoms with Gasteiger partial charge in [-0.05, 0) is 36.1 Å². The number of halogens is 1. The summed E-state index contributed by atoms with van der Waals surface area (Å²) in [5.41, 5.74) is 3.02. The number of nitrogens with zero attached hydrogens (tertiary/aromatic N) is 5. The highest BCUT2D eigenvalue weighted by molar-refractivity contribution is 7.98. The molecule has 3 aromatic rings. The maximum absolute atomic E-state index is 13.3. The standard InChI is InChI=1S/C32H38ClN5OS/c1-36(28-15-6-3-7-16-28)30-23-29(33)34-32(35-30)40-24-26-12-8-14-27(22-26)31(39)38-20-18-37(19-21-38)17-9-13-25-10-4-2-5-11-25/h2,4-5,8-14,22-23,28H,3,6-7,15-21,24H2,1H3. The molecule has 1 aliphatic heterocycles. The summed E-state index contributed by atoms with van der Waals surface area (Å²) >= 11 is 7.94. The number of carbonyl (C=O) groups is 1. The molecule has 2 aliphatic rings. The van der Waals surface area contributed by atoms with Gasteiger partial charge in [-0.25, -0.2) is 9.97 Å². The van der Waals surface area contributed by atoms with Crippen LogP contribution >= 0.6 is 23.4 Å². The van der Waals surface area contributed by atoms with Crippen LogP contribution < -0.4 is 4.90 Å². The molecule has 0 atom stereocenters. The second kappa shape index (κ2) is 14.2. The van der Waals surface area contributed by atoms with Crippen LogP contribution in [0, 0.1) is 0 Å². The summed E-state index contributed by atoms with van der Waals surface area (Å²) in [5, 5.41) is 1.13. The van der Waals surface area contributed by atoms with Crippen LogP contribution in [0.1, 0.15) is 53.6 Å². The quantitative estimate of drug-likeness (QED) is 0.161. The van der Waals surface area contributed by atoms with E-state index in [2.05, 4.69) is 64.3 Å². The van der Waals surface area contributed by atoms with E-state index in [-0.39, 0.29) is 5.91 Å². The number of carbonyl (C=O) groups excluding carboxylic acids is 1. The van der Waals surface area contributed by atoms with Gasteiger partial charge >= 0.3 is 0 Å². The first-order valence-electron chi connectivity index (χ1n) is 14.3. The first kappa shape index (κ1) is 28.7. The molecule has 1 amide bonds. The Morgan fingerprint density at radius 3 is 2.55 bits per heavy atom. The lowest BCUT2D eigenvalue weighted by Gasteiger charge is -2.34. The van der Waals surface area contributed by atoms with Crippen molar-refractivity contribution in [3.8, 4) is 0 Å². The van der Waals surface area contributed by atoms with Gasteiger partial charge in [-0.1, -0.05) is 97.2 Å². The monoisotopic (exact) mass is 575 g/mol. The van der Waals surface area contributed by atoms with Crippen molar-refractivity contribution < 1.29 is 4.79 Å². The van der Waals surface area contributed by atoms with Crippen molar-refractivity contribution in [2.24, 2.45) is 0 Å². The topological polar surface area (TPSA) is 52.6 Å². The molecule has 1 saturated heterocycles. The zero-order valence-electron chi connectivity index (χ0n) is 23.2. The maximum atomic E-state index is 13.3. The highest BCUT2D eigenvalue weighted by Gasteiger charge is 2.22. The van der Waals surface area contributed by atoms with E-state index in [0.717, 1.165) is 49.7 Å². The predicted octanol–water partition coefficient (Wildman–Crippen LogP) is 6.66. The summed E-state index contributed by atoms with van der Waals surface area (Å²) in [6.07, 6.45) is 10.6. The summed E-state index contributed by atoms with van der Waals surface area (Å²) in [4.78, 5) is 29.2. The lowest BCUT2D eigenvalue weighted by Crippen LogP contribution is -2.48. The van der Waals surface area contributed by atoms with Gasteiger partial charge in [0, 0.05) is 63.2 Å². The second-order valence-electron chi connectivity index (χ2n) is 10.6. The molecule has 0 spiro atoms. The Bertz CT molecular complexity index is 1290. The molecule has 40 heavy (non-hydrogen) atoms. The van der Waals surface area contributed by atoms with Crippen LogP contribution in [0.25, 0.3) is 6.08 Å². The van der Waals surface area contributed by atoms with E-state index >= 15 is 0 Å². The molecular formula is C32H38ClN5OS. The van der Waals surface area contributed by atoms with E-state index in [1.807, 2.05) is 35.2 Å². The van der Waals surface area contributed by atoms with Crippen LogP contribution in [-0.2, 0) is 5.75 Å². The van der Waals surface area contributed by atoms with Crippen LogP contribution in [0.5, 0.6) is 0 Å². The highest BCUT2D eigenvalue weighted by Crippen LogP contribution is 2.29. The molecule has 2 heterocycles. The smallest absolute Gasteiger partial charge is 0.253 e. The third-order valence-corrected chi connectivity index (χ3v) is 8.93. The van der Waals surface area contributed by atoms with Crippen LogP contribution in [0.15, 0.2) is 71.9 Å². The Morgan fingerprint density at radius 1 is 1.00 bits per heavy atom. The van der Waals surface area contributed by atoms with Crippen LogP contribution in [0.3, 0.4) is 0 Å². The fourth-order valence-electron chi connectivity index (χ4n) is 5.45. The number of aromatic nitrogens is 2. The molecule has 1 saturated carbocycles. The van der Waals surface area contributed by atoms with Gasteiger partial charge in [-0.15, -0.1) is 0 Å². The van der Waals surface area contributed by atoms with Crippen LogP contribution in [0.4, 0.5) is 5.82 Å². The number of anilines is 1. The van der Waals surface area contributed by atoms with E-state index in [1.165, 1.54) is 37.7 Å². The van der Waals surface area contributed by atoms with Crippen molar-refractivity contribution in [3.05, 3.63) is 88.6 Å². The molecule has 1 aliphatic carbocycles. The zero-order valence-corrected chi connectivity index (χ0v) is 24.8. The van der Waals surface area contributed by atoms with Crippen molar-refractivity contribution >= 4 is 41.2 Å². The Morgan fingerprint density at radius 2 is 1.77 bits per heavy atom. The van der Waals surface area contributed by atoms with Crippen molar-refractivity contribution in [3.63, 3.8) is 0 Å². The third-order valence-electron chi connectivity index (χ3n) is 7.82. The van der Waals surface area contributed by atoms with Gasteiger partial charge in [0.05, 0.1) is 0 Å². The first-order valence-corrected chi connectivity index (χ1v) is 15.6. The molecule has 2 fully saturated rings. The lowest BCUT2D eigenvalue weighted by atomic mass is 9.94. The van der Waals surface area contributed by atoms with Crippen molar-refractivity contribution in [2.45, 2.75) is 49.1 Å². The molecule has 0 unspecified atom stereocenters. The van der Waals surface area contributed by atoms with Crippen molar-refractivity contribution in [2.75, 3.05) is 44.7 Å². The van der Waals surface area contributed by atoms with E-state index in [1.54, 1.807) is 11.8 Å². The minimum Gasteiger partial charge on any atom is -0.357 e. The number of piperazine rings is 1. The molecule has 210 valence electrons. The Hall–Kier alpha value is -2.87. The zero-order chi connectivity index (χ0) is 27.7.